The van der Waals surface area contributed by atoms with E-state index in [1.165, 1.54) is 0 Å². The van der Waals surface area contributed by atoms with Crippen molar-refractivity contribution in [2.75, 3.05) is 26.7 Å². The van der Waals surface area contributed by atoms with Crippen molar-refractivity contribution in [2.24, 2.45) is 0 Å². The smallest absolute Gasteiger partial charge is 0.251 e. The number of rotatable bonds is 8. The number of methoxy groups -OCH3 is 1. The van der Waals surface area contributed by atoms with E-state index in [2.05, 4.69) is 46.1 Å². The molecule has 0 aromatic heterocycles. The second-order valence-corrected chi connectivity index (χ2v) is 6.65. The number of halogens is 1. The molecule has 0 bridgehead atoms. The van der Waals surface area contributed by atoms with Crippen LogP contribution in [-0.4, -0.2) is 37.6 Å². The first-order valence-electron chi connectivity index (χ1n) is 8.50. The molecule has 0 aliphatic rings. The number of likely N-dealkylation sites (N-methyl/N-ethyl adjacent to an activating group) is 1. The molecule has 1 atom stereocenters. The zero-order valence-electron chi connectivity index (χ0n) is 15.0. The molecule has 0 aliphatic heterocycles. The molecule has 134 valence electrons. The highest BCUT2D eigenvalue weighted by Crippen LogP contribution is 2.24. The van der Waals surface area contributed by atoms with E-state index in [9.17, 15) is 4.79 Å². The largest absolute Gasteiger partial charge is 0.497 e. The first-order valence-corrected chi connectivity index (χ1v) is 9.30. The molecular formula is C20H25BrN2O2. The third kappa shape index (κ3) is 5.31. The lowest BCUT2D eigenvalue weighted by molar-refractivity contribution is 0.0935. The van der Waals surface area contributed by atoms with Crippen molar-refractivity contribution in [2.45, 2.75) is 19.9 Å². The maximum Gasteiger partial charge on any atom is 0.251 e. The number of amides is 1. The number of carbonyl (C=O) groups excluding carboxylic acids is 1. The lowest BCUT2D eigenvalue weighted by atomic mass is 10.0. The summed E-state index contributed by atoms with van der Waals surface area (Å²) in [6.07, 6.45) is 0. The van der Waals surface area contributed by atoms with Gasteiger partial charge in [-0.2, -0.15) is 0 Å². The number of benzene rings is 2. The molecule has 0 radical (unpaired) electrons. The van der Waals surface area contributed by atoms with Crippen LogP contribution in [-0.2, 0) is 0 Å². The van der Waals surface area contributed by atoms with E-state index in [1.54, 1.807) is 7.11 Å². The Kier molecular flexibility index (Phi) is 7.47. The van der Waals surface area contributed by atoms with E-state index in [0.29, 0.717) is 12.1 Å². The molecule has 25 heavy (non-hydrogen) atoms. The molecule has 1 unspecified atom stereocenters. The molecule has 5 heteroatoms. The number of nitrogens with one attached hydrogen (secondary N) is 1. The number of hydrogen-bond acceptors (Lipinski definition) is 3. The topological polar surface area (TPSA) is 41.6 Å². The van der Waals surface area contributed by atoms with Crippen molar-refractivity contribution in [3.05, 3.63) is 64.1 Å². The van der Waals surface area contributed by atoms with Gasteiger partial charge in [0.2, 0.25) is 0 Å². The molecule has 0 spiro atoms. The minimum absolute atomic E-state index is 0.0625. The lowest BCUT2D eigenvalue weighted by Gasteiger charge is -2.30. The van der Waals surface area contributed by atoms with E-state index in [4.69, 9.17) is 4.74 Å². The molecule has 2 aromatic rings. The highest BCUT2D eigenvalue weighted by molar-refractivity contribution is 9.10. The van der Waals surface area contributed by atoms with Crippen LogP contribution in [0.25, 0.3) is 0 Å². The van der Waals surface area contributed by atoms with Crippen LogP contribution in [0.1, 0.15) is 35.8 Å². The summed E-state index contributed by atoms with van der Waals surface area (Å²) in [5, 5.41) is 3.07. The molecule has 4 nitrogen and oxygen atoms in total. The Hall–Kier alpha value is -1.85. The van der Waals surface area contributed by atoms with E-state index in [-0.39, 0.29) is 11.9 Å². The summed E-state index contributed by atoms with van der Waals surface area (Å²) < 4.78 is 6.31. The Bertz CT molecular complexity index is 684. The average Bonchev–Trinajstić information content (AvgIpc) is 2.65. The molecule has 0 heterocycles. The van der Waals surface area contributed by atoms with Crippen LogP contribution < -0.4 is 10.1 Å². The van der Waals surface area contributed by atoms with Crippen LogP contribution in [0, 0.1) is 0 Å². The van der Waals surface area contributed by atoms with Gasteiger partial charge < -0.3 is 10.1 Å². The van der Waals surface area contributed by atoms with Gasteiger partial charge >= 0.3 is 0 Å². The second kappa shape index (κ2) is 9.59. The highest BCUT2D eigenvalue weighted by Gasteiger charge is 2.19. The molecule has 0 aliphatic carbocycles. The Labute approximate surface area is 158 Å². The number of nitrogens with zero attached hydrogens (tertiary/aromatic N) is 1. The predicted octanol–water partition coefficient (Wildman–Crippen LogP) is 4.27. The van der Waals surface area contributed by atoms with Crippen molar-refractivity contribution >= 4 is 21.8 Å². The van der Waals surface area contributed by atoms with Gasteiger partial charge in [0.25, 0.3) is 5.91 Å². The Morgan fingerprint density at radius 3 is 2.44 bits per heavy atom. The van der Waals surface area contributed by atoms with Gasteiger partial charge in [0.15, 0.2) is 0 Å². The van der Waals surface area contributed by atoms with E-state index in [0.717, 1.165) is 28.9 Å². The summed E-state index contributed by atoms with van der Waals surface area (Å²) >= 11 is 3.39. The molecule has 0 saturated carbocycles. The standard InChI is InChI=1S/C20H25BrN2O2/c1-4-23(5-2)19(16-7-6-8-18(13-16)25-3)14-22-20(24)15-9-11-17(21)12-10-15/h6-13,19H,4-5,14H2,1-3H3,(H,22,24). The molecule has 0 saturated heterocycles. The van der Waals surface area contributed by atoms with Gasteiger partial charge in [0.05, 0.1) is 13.2 Å². The van der Waals surface area contributed by atoms with Crippen molar-refractivity contribution < 1.29 is 9.53 Å². The highest BCUT2D eigenvalue weighted by atomic mass is 79.9. The Morgan fingerprint density at radius 2 is 1.84 bits per heavy atom. The van der Waals surface area contributed by atoms with Crippen molar-refractivity contribution in [3.63, 3.8) is 0 Å². The first-order chi connectivity index (χ1) is 12.1. The zero-order chi connectivity index (χ0) is 18.2. The normalized spacial score (nSPS) is 12.0. The monoisotopic (exact) mass is 404 g/mol. The molecular weight excluding hydrogens is 380 g/mol. The fraction of sp³-hybridized carbons (Fsp3) is 0.350. The van der Waals surface area contributed by atoms with Crippen molar-refractivity contribution in [3.8, 4) is 5.75 Å². The summed E-state index contributed by atoms with van der Waals surface area (Å²) in [5.74, 6) is 0.765. The summed E-state index contributed by atoms with van der Waals surface area (Å²) in [4.78, 5) is 14.8. The Balaban J connectivity index is 2.15. The lowest BCUT2D eigenvalue weighted by Crippen LogP contribution is -2.38. The fourth-order valence-corrected chi connectivity index (χ4v) is 3.13. The maximum absolute atomic E-state index is 12.4. The van der Waals surface area contributed by atoms with E-state index >= 15 is 0 Å². The van der Waals surface area contributed by atoms with E-state index < -0.39 is 0 Å². The minimum Gasteiger partial charge on any atom is -0.497 e. The van der Waals surface area contributed by atoms with Gasteiger partial charge in [0, 0.05) is 16.6 Å². The quantitative estimate of drug-likeness (QED) is 0.713. The summed E-state index contributed by atoms with van der Waals surface area (Å²) in [5.41, 5.74) is 1.80. The van der Waals surface area contributed by atoms with Gasteiger partial charge in [-0.1, -0.05) is 41.9 Å². The van der Waals surface area contributed by atoms with Crippen LogP contribution in [0.15, 0.2) is 53.0 Å². The maximum atomic E-state index is 12.4. The second-order valence-electron chi connectivity index (χ2n) is 5.73. The molecule has 0 fully saturated rings. The van der Waals surface area contributed by atoms with Crippen molar-refractivity contribution in [1.29, 1.82) is 0 Å². The predicted molar refractivity (Wildman–Crippen MR) is 105 cm³/mol. The minimum atomic E-state index is -0.0625. The zero-order valence-corrected chi connectivity index (χ0v) is 16.5. The third-order valence-corrected chi connectivity index (χ3v) is 4.82. The fourth-order valence-electron chi connectivity index (χ4n) is 2.86. The Morgan fingerprint density at radius 1 is 1.16 bits per heavy atom. The number of ether oxygens (including phenoxy) is 1. The van der Waals surface area contributed by atoms with Gasteiger partial charge in [-0.3, -0.25) is 9.69 Å². The molecule has 2 aromatic carbocycles. The van der Waals surface area contributed by atoms with Crippen LogP contribution in [0.3, 0.4) is 0 Å². The van der Waals surface area contributed by atoms with Gasteiger partial charge in [-0.15, -0.1) is 0 Å². The molecule has 1 N–H and O–H groups in total. The van der Waals surface area contributed by atoms with Gasteiger partial charge in [0.1, 0.15) is 5.75 Å². The van der Waals surface area contributed by atoms with Gasteiger partial charge in [-0.05, 0) is 55.1 Å². The van der Waals surface area contributed by atoms with E-state index in [1.807, 2.05) is 42.5 Å². The average molecular weight is 405 g/mol. The molecule has 2 rings (SSSR count). The van der Waals surface area contributed by atoms with Gasteiger partial charge in [-0.25, -0.2) is 0 Å². The van der Waals surface area contributed by atoms with Crippen LogP contribution >= 0.6 is 15.9 Å². The van der Waals surface area contributed by atoms with Crippen LogP contribution in [0.5, 0.6) is 5.75 Å². The first kappa shape index (κ1) is 19.5. The number of carbonyl (C=O) groups is 1. The summed E-state index contributed by atoms with van der Waals surface area (Å²) in [6, 6.07) is 15.5. The SMILES string of the molecule is CCN(CC)C(CNC(=O)c1ccc(Br)cc1)c1cccc(OC)c1. The third-order valence-electron chi connectivity index (χ3n) is 4.29. The summed E-state index contributed by atoms with van der Waals surface area (Å²) in [7, 11) is 1.67. The number of hydrogen-bond donors (Lipinski definition) is 1. The summed E-state index contributed by atoms with van der Waals surface area (Å²) in [6.45, 7) is 6.63. The van der Waals surface area contributed by atoms with Crippen LogP contribution in [0.4, 0.5) is 0 Å². The van der Waals surface area contributed by atoms with Crippen molar-refractivity contribution in [1.82, 2.24) is 10.2 Å². The molecule has 1 amide bonds. The van der Waals surface area contributed by atoms with Crippen LogP contribution in [0.2, 0.25) is 0 Å².